The molecule has 1 saturated carbocycles. The standard InChI is InChI=1S/C23H22Cl2F3N3O3.ClH/c1-30(2)14-5-11(6-14)10-31-18-8-12(20(29)32)7-16(23(26,27)28)19(18)22(34,21(31)33)15-4-3-13(24)9-17(15)25;/h3-4,7-9,11,14,34H,5-6,10H2,1-2H3,(H2,29,32);1H/t11-,14-,22?;. The number of alkyl halides is 3. The lowest BCUT2D eigenvalue weighted by Gasteiger charge is -2.41. The molecule has 6 nitrogen and oxygen atoms in total. The second-order valence-electron chi connectivity index (χ2n) is 8.99. The Morgan fingerprint density at radius 1 is 1.23 bits per heavy atom. The van der Waals surface area contributed by atoms with E-state index in [0.717, 1.165) is 23.8 Å². The number of benzene rings is 2. The van der Waals surface area contributed by atoms with Gasteiger partial charge in [-0.2, -0.15) is 13.2 Å². The Balaban J connectivity index is 0.00000342. The summed E-state index contributed by atoms with van der Waals surface area (Å²) < 4.78 is 42.6. The summed E-state index contributed by atoms with van der Waals surface area (Å²) in [6, 6.07) is 5.75. The van der Waals surface area contributed by atoms with Crippen molar-refractivity contribution in [2.24, 2.45) is 11.7 Å². The minimum atomic E-state index is -4.99. The first kappa shape index (κ1) is 27.5. The van der Waals surface area contributed by atoms with Gasteiger partial charge in [0, 0.05) is 39.3 Å². The Kier molecular flexibility index (Phi) is 7.43. The van der Waals surface area contributed by atoms with Crippen LogP contribution in [0.5, 0.6) is 0 Å². The van der Waals surface area contributed by atoms with Crippen molar-refractivity contribution in [3.05, 3.63) is 62.6 Å². The summed E-state index contributed by atoms with van der Waals surface area (Å²) in [4.78, 5) is 28.7. The number of halogens is 6. The Morgan fingerprint density at radius 2 is 1.86 bits per heavy atom. The molecule has 4 rings (SSSR count). The van der Waals surface area contributed by atoms with E-state index >= 15 is 0 Å². The molecule has 0 spiro atoms. The van der Waals surface area contributed by atoms with E-state index in [1.54, 1.807) is 0 Å². The van der Waals surface area contributed by atoms with Crippen LogP contribution in [0, 0.1) is 5.92 Å². The van der Waals surface area contributed by atoms with Crippen molar-refractivity contribution < 1.29 is 27.9 Å². The van der Waals surface area contributed by atoms with Crippen molar-refractivity contribution in [2.75, 3.05) is 25.5 Å². The van der Waals surface area contributed by atoms with Gasteiger partial charge in [-0.1, -0.05) is 29.3 Å². The smallest absolute Gasteiger partial charge is 0.372 e. The molecular weight excluding hydrogens is 530 g/mol. The fourth-order valence-corrected chi connectivity index (χ4v) is 5.29. The molecule has 2 aliphatic rings. The highest BCUT2D eigenvalue weighted by Crippen LogP contribution is 2.52. The van der Waals surface area contributed by atoms with Crippen LogP contribution in [-0.4, -0.2) is 48.5 Å². The lowest BCUT2D eigenvalue weighted by atomic mass is 9.79. The predicted octanol–water partition coefficient (Wildman–Crippen LogP) is 4.46. The predicted molar refractivity (Wildman–Crippen MR) is 129 cm³/mol. The molecule has 2 aromatic carbocycles. The summed E-state index contributed by atoms with van der Waals surface area (Å²) in [5, 5.41) is 11.7. The van der Waals surface area contributed by atoms with Crippen molar-refractivity contribution in [3.63, 3.8) is 0 Å². The van der Waals surface area contributed by atoms with E-state index in [-0.39, 0.29) is 52.2 Å². The average Bonchev–Trinajstić information content (AvgIpc) is 2.90. The zero-order valence-electron chi connectivity index (χ0n) is 18.7. The maximum Gasteiger partial charge on any atom is 0.416 e. The first-order chi connectivity index (χ1) is 15.7. The van der Waals surface area contributed by atoms with Crippen LogP contribution >= 0.6 is 35.6 Å². The first-order valence-corrected chi connectivity index (χ1v) is 11.2. The summed E-state index contributed by atoms with van der Waals surface area (Å²) in [7, 11) is 3.85. The maximum absolute atomic E-state index is 14.2. The molecule has 1 aliphatic heterocycles. The molecule has 3 N–H and O–H groups in total. The van der Waals surface area contributed by atoms with E-state index in [4.69, 9.17) is 28.9 Å². The van der Waals surface area contributed by atoms with Crippen molar-refractivity contribution in [3.8, 4) is 0 Å². The minimum absolute atomic E-state index is 0. The summed E-state index contributed by atoms with van der Waals surface area (Å²) in [5.74, 6) is -2.07. The van der Waals surface area contributed by atoms with Crippen LogP contribution in [0.15, 0.2) is 30.3 Å². The second-order valence-corrected chi connectivity index (χ2v) is 9.83. The number of hydrogen-bond acceptors (Lipinski definition) is 4. The number of carbonyl (C=O) groups is 2. The van der Waals surface area contributed by atoms with Gasteiger partial charge in [0.05, 0.1) is 11.3 Å². The number of primary amides is 1. The lowest BCUT2D eigenvalue weighted by Crippen LogP contribution is -2.48. The highest BCUT2D eigenvalue weighted by Gasteiger charge is 2.57. The van der Waals surface area contributed by atoms with Crippen LogP contribution in [0.1, 0.15) is 39.9 Å². The van der Waals surface area contributed by atoms with Gasteiger partial charge in [0.2, 0.25) is 5.91 Å². The third-order valence-electron chi connectivity index (χ3n) is 6.62. The molecule has 1 unspecified atom stereocenters. The SMILES string of the molecule is CN(C)[C@H]1C[C@H](CN2C(=O)C(O)(c3ccc(Cl)cc3Cl)c3c2cc(C(N)=O)cc3C(F)(F)F)C1.Cl. The molecule has 0 saturated heterocycles. The molecule has 2 amide bonds. The highest BCUT2D eigenvalue weighted by atomic mass is 35.5. The number of anilines is 1. The Bertz CT molecular complexity index is 1190. The van der Waals surface area contributed by atoms with Gasteiger partial charge in [0.25, 0.3) is 5.91 Å². The average molecular weight is 553 g/mol. The van der Waals surface area contributed by atoms with Crippen molar-refractivity contribution in [1.29, 1.82) is 0 Å². The van der Waals surface area contributed by atoms with Gasteiger partial charge >= 0.3 is 6.18 Å². The van der Waals surface area contributed by atoms with E-state index in [0.29, 0.717) is 6.07 Å². The molecule has 1 heterocycles. The molecule has 2 aromatic rings. The quantitative estimate of drug-likeness (QED) is 0.574. The van der Waals surface area contributed by atoms with Gasteiger partial charge in [-0.3, -0.25) is 9.59 Å². The van der Waals surface area contributed by atoms with Gasteiger partial charge < -0.3 is 20.6 Å². The molecular formula is C23H23Cl3F3N3O3. The first-order valence-electron chi connectivity index (χ1n) is 10.5. The van der Waals surface area contributed by atoms with Gasteiger partial charge in [0.15, 0.2) is 5.60 Å². The zero-order valence-corrected chi connectivity index (χ0v) is 21.0. The van der Waals surface area contributed by atoms with Crippen LogP contribution in [0.2, 0.25) is 10.0 Å². The van der Waals surface area contributed by atoms with Gasteiger partial charge in [-0.15, -0.1) is 12.4 Å². The van der Waals surface area contributed by atoms with Gasteiger partial charge in [0.1, 0.15) is 0 Å². The van der Waals surface area contributed by atoms with E-state index in [1.807, 2.05) is 19.0 Å². The minimum Gasteiger partial charge on any atom is -0.372 e. The number of rotatable bonds is 5. The molecule has 12 heteroatoms. The van der Waals surface area contributed by atoms with E-state index in [1.165, 1.54) is 18.2 Å². The Morgan fingerprint density at radius 3 is 2.37 bits per heavy atom. The number of aliphatic hydroxyl groups is 1. The number of hydrogen-bond donors (Lipinski definition) is 2. The number of nitrogens with two attached hydrogens (primary N) is 1. The highest BCUT2D eigenvalue weighted by molar-refractivity contribution is 6.35. The Hall–Kier alpha value is -2.04. The third kappa shape index (κ3) is 4.60. The molecule has 1 aliphatic carbocycles. The molecule has 0 bridgehead atoms. The Labute approximate surface area is 216 Å². The van der Waals surface area contributed by atoms with Crippen molar-refractivity contribution in [1.82, 2.24) is 4.90 Å². The topological polar surface area (TPSA) is 86.9 Å². The number of amides is 2. The maximum atomic E-state index is 14.2. The fraction of sp³-hybridized carbons (Fsp3) is 0.391. The van der Waals surface area contributed by atoms with E-state index in [2.05, 4.69) is 0 Å². The second kappa shape index (κ2) is 9.44. The summed E-state index contributed by atoms with van der Waals surface area (Å²) in [6.07, 6.45) is -3.53. The van der Waals surface area contributed by atoms with Crippen LogP contribution in [0.3, 0.4) is 0 Å². The van der Waals surface area contributed by atoms with Crippen LogP contribution in [0.4, 0.5) is 18.9 Å². The summed E-state index contributed by atoms with van der Waals surface area (Å²) in [5.41, 5.74) is -0.312. The molecule has 1 atom stereocenters. The van der Waals surface area contributed by atoms with Crippen LogP contribution in [-0.2, 0) is 16.6 Å². The van der Waals surface area contributed by atoms with E-state index < -0.39 is 40.3 Å². The number of carbonyl (C=O) groups excluding carboxylic acids is 2. The van der Waals surface area contributed by atoms with Gasteiger partial charge in [-0.05, 0) is 57.1 Å². The van der Waals surface area contributed by atoms with Crippen LogP contribution < -0.4 is 10.6 Å². The molecule has 0 aromatic heterocycles. The lowest BCUT2D eigenvalue weighted by molar-refractivity contribution is -0.142. The molecule has 1 fully saturated rings. The van der Waals surface area contributed by atoms with Crippen molar-refractivity contribution in [2.45, 2.75) is 30.7 Å². The zero-order chi connectivity index (χ0) is 25.2. The normalized spacial score (nSPS) is 23.7. The largest absolute Gasteiger partial charge is 0.416 e. The fourth-order valence-electron chi connectivity index (χ4n) is 4.74. The molecule has 0 radical (unpaired) electrons. The van der Waals surface area contributed by atoms with Crippen LogP contribution in [0.25, 0.3) is 0 Å². The van der Waals surface area contributed by atoms with Gasteiger partial charge in [-0.25, -0.2) is 0 Å². The number of fused-ring (bicyclic) bond motifs is 1. The van der Waals surface area contributed by atoms with E-state index in [9.17, 15) is 27.9 Å². The molecule has 190 valence electrons. The number of nitrogens with zero attached hydrogens (tertiary/aromatic N) is 2. The summed E-state index contributed by atoms with van der Waals surface area (Å²) >= 11 is 12.2. The van der Waals surface area contributed by atoms with Crippen molar-refractivity contribution >= 4 is 53.1 Å². The third-order valence-corrected chi connectivity index (χ3v) is 7.17. The summed E-state index contributed by atoms with van der Waals surface area (Å²) in [6.45, 7) is 0.0726. The molecule has 35 heavy (non-hydrogen) atoms. The monoisotopic (exact) mass is 551 g/mol.